The lowest BCUT2D eigenvalue weighted by atomic mass is 9.71. The summed E-state index contributed by atoms with van der Waals surface area (Å²) >= 11 is 0. The number of fused-ring (bicyclic) bond motifs is 3. The fourth-order valence-electron chi connectivity index (χ4n) is 4.00. The maximum absolute atomic E-state index is 5.62. The number of ether oxygens (including phenoxy) is 2. The summed E-state index contributed by atoms with van der Waals surface area (Å²) in [7, 11) is 5.75. The molecule has 3 heteroatoms. The molecule has 2 aliphatic rings. The van der Waals surface area contributed by atoms with Crippen LogP contribution >= 0.6 is 0 Å². The first-order valence-electron chi connectivity index (χ1n) is 7.08. The van der Waals surface area contributed by atoms with Crippen LogP contribution in [0.15, 0.2) is 12.1 Å². The minimum atomic E-state index is 0.591. The van der Waals surface area contributed by atoms with Gasteiger partial charge in [-0.2, -0.15) is 0 Å². The van der Waals surface area contributed by atoms with Gasteiger partial charge < -0.3 is 14.4 Å². The van der Waals surface area contributed by atoms with Gasteiger partial charge in [0.15, 0.2) is 0 Å². The predicted octanol–water partition coefficient (Wildman–Crippen LogP) is 2.54. The number of hydrogen-bond donors (Lipinski definition) is 0. The van der Waals surface area contributed by atoms with Gasteiger partial charge in [-0.05, 0) is 37.4 Å². The van der Waals surface area contributed by atoms with Gasteiger partial charge in [-0.3, -0.25) is 0 Å². The number of likely N-dealkylation sites (tertiary alicyclic amines) is 1. The fraction of sp³-hybridized carbons (Fsp3) is 0.625. The molecule has 3 rings (SSSR count). The molecule has 3 atom stereocenters. The molecule has 0 aromatic heterocycles. The molecular weight excluding hydrogens is 238 g/mol. The molecule has 1 aromatic carbocycles. The maximum atomic E-state index is 5.62. The maximum Gasteiger partial charge on any atom is 0.122 e. The lowest BCUT2D eigenvalue weighted by Gasteiger charge is -2.34. The summed E-state index contributed by atoms with van der Waals surface area (Å²) in [5, 5.41) is 0. The van der Waals surface area contributed by atoms with Crippen LogP contribution in [0.5, 0.6) is 11.5 Å². The van der Waals surface area contributed by atoms with Crippen LogP contribution in [-0.2, 0) is 6.42 Å². The second-order valence-corrected chi connectivity index (χ2v) is 6.04. The van der Waals surface area contributed by atoms with Gasteiger partial charge in [0.2, 0.25) is 0 Å². The molecule has 19 heavy (non-hydrogen) atoms. The molecule has 1 heterocycles. The fourth-order valence-corrected chi connectivity index (χ4v) is 4.00. The first-order valence-corrected chi connectivity index (χ1v) is 7.08. The number of methoxy groups -OCH3 is 2. The first-order chi connectivity index (χ1) is 9.15. The lowest BCUT2D eigenvalue weighted by molar-refractivity contribution is 0.297. The lowest BCUT2D eigenvalue weighted by Crippen LogP contribution is -2.28. The Morgan fingerprint density at radius 1 is 1.11 bits per heavy atom. The molecular formula is C16H23NO2. The van der Waals surface area contributed by atoms with Crippen LogP contribution in [0, 0.1) is 11.8 Å². The van der Waals surface area contributed by atoms with E-state index in [4.69, 9.17) is 9.47 Å². The Labute approximate surface area is 115 Å². The van der Waals surface area contributed by atoms with E-state index < -0.39 is 0 Å². The highest BCUT2D eigenvalue weighted by molar-refractivity contribution is 5.53. The van der Waals surface area contributed by atoms with Crippen LogP contribution in [0.3, 0.4) is 0 Å². The summed E-state index contributed by atoms with van der Waals surface area (Å²) in [5.41, 5.74) is 2.76. The van der Waals surface area contributed by atoms with Crippen molar-refractivity contribution in [1.29, 1.82) is 0 Å². The third-order valence-corrected chi connectivity index (χ3v) is 4.89. The van der Waals surface area contributed by atoms with Crippen LogP contribution in [0.25, 0.3) is 0 Å². The van der Waals surface area contributed by atoms with Crippen LogP contribution in [-0.4, -0.2) is 39.3 Å². The zero-order valence-corrected chi connectivity index (χ0v) is 12.3. The van der Waals surface area contributed by atoms with Crippen molar-refractivity contribution in [3.05, 3.63) is 23.3 Å². The van der Waals surface area contributed by atoms with Crippen molar-refractivity contribution in [3.63, 3.8) is 0 Å². The summed E-state index contributed by atoms with van der Waals surface area (Å²) in [4.78, 5) is 2.44. The Morgan fingerprint density at radius 2 is 1.79 bits per heavy atom. The molecule has 1 aliphatic heterocycles. The molecule has 0 amide bonds. The molecule has 3 unspecified atom stereocenters. The van der Waals surface area contributed by atoms with Crippen molar-refractivity contribution >= 4 is 0 Å². The van der Waals surface area contributed by atoms with Gasteiger partial charge in [0.25, 0.3) is 0 Å². The molecule has 0 bridgehead atoms. The van der Waals surface area contributed by atoms with Gasteiger partial charge in [-0.1, -0.05) is 6.92 Å². The molecule has 1 aliphatic carbocycles. The smallest absolute Gasteiger partial charge is 0.122 e. The first kappa shape index (κ1) is 12.8. The molecule has 0 N–H and O–H groups in total. The van der Waals surface area contributed by atoms with Crippen molar-refractivity contribution < 1.29 is 9.47 Å². The average molecular weight is 261 g/mol. The molecule has 0 saturated carbocycles. The Bertz CT molecular complexity index is 486. The third-order valence-electron chi connectivity index (χ3n) is 4.89. The van der Waals surface area contributed by atoms with E-state index in [2.05, 4.69) is 24.9 Å². The standard InChI is InChI=1S/C16H23NO2/c1-10-7-11-14(18-3)5-6-15(19-4)16(11)13-9-17(2)8-12(10)13/h5-6,10,12-13H,7-9H2,1-4H3. The van der Waals surface area contributed by atoms with E-state index in [0.717, 1.165) is 30.4 Å². The zero-order valence-electron chi connectivity index (χ0n) is 12.3. The second-order valence-electron chi connectivity index (χ2n) is 6.04. The second kappa shape index (κ2) is 4.71. The van der Waals surface area contributed by atoms with E-state index in [-0.39, 0.29) is 0 Å². The van der Waals surface area contributed by atoms with Crippen LogP contribution < -0.4 is 9.47 Å². The summed E-state index contributed by atoms with van der Waals surface area (Å²) in [5.74, 6) is 4.11. The summed E-state index contributed by atoms with van der Waals surface area (Å²) in [6.07, 6.45) is 1.10. The summed E-state index contributed by atoms with van der Waals surface area (Å²) in [6, 6.07) is 4.10. The van der Waals surface area contributed by atoms with Crippen LogP contribution in [0.1, 0.15) is 24.0 Å². The Balaban J connectivity index is 2.14. The van der Waals surface area contributed by atoms with Crippen molar-refractivity contribution in [3.8, 4) is 11.5 Å². The molecule has 0 spiro atoms. The van der Waals surface area contributed by atoms with Gasteiger partial charge in [0.05, 0.1) is 14.2 Å². The van der Waals surface area contributed by atoms with E-state index in [9.17, 15) is 0 Å². The van der Waals surface area contributed by atoms with E-state index in [1.54, 1.807) is 14.2 Å². The van der Waals surface area contributed by atoms with Gasteiger partial charge >= 0.3 is 0 Å². The Hall–Kier alpha value is -1.22. The van der Waals surface area contributed by atoms with Gasteiger partial charge in [0, 0.05) is 30.1 Å². The molecule has 1 aromatic rings. The number of nitrogens with zero attached hydrogens (tertiary/aromatic N) is 1. The van der Waals surface area contributed by atoms with Crippen molar-refractivity contribution in [2.24, 2.45) is 11.8 Å². The van der Waals surface area contributed by atoms with Gasteiger partial charge in [-0.25, -0.2) is 0 Å². The number of benzene rings is 1. The molecule has 104 valence electrons. The van der Waals surface area contributed by atoms with Gasteiger partial charge in [0.1, 0.15) is 11.5 Å². The highest BCUT2D eigenvalue weighted by atomic mass is 16.5. The number of likely N-dealkylation sites (N-methyl/N-ethyl adjacent to an activating group) is 1. The SMILES string of the molecule is COc1ccc(OC)c2c1CC(C)C1CN(C)CC21. The largest absolute Gasteiger partial charge is 0.496 e. The highest BCUT2D eigenvalue weighted by Crippen LogP contribution is 2.49. The third kappa shape index (κ3) is 1.91. The number of hydrogen-bond acceptors (Lipinski definition) is 3. The normalized spacial score (nSPS) is 29.8. The average Bonchev–Trinajstić information content (AvgIpc) is 2.80. The monoisotopic (exact) mass is 261 g/mol. The predicted molar refractivity (Wildman–Crippen MR) is 76.1 cm³/mol. The minimum Gasteiger partial charge on any atom is -0.496 e. The van der Waals surface area contributed by atoms with E-state index >= 15 is 0 Å². The highest BCUT2D eigenvalue weighted by Gasteiger charge is 2.42. The number of rotatable bonds is 2. The Morgan fingerprint density at radius 3 is 2.47 bits per heavy atom. The van der Waals surface area contributed by atoms with Crippen molar-refractivity contribution in [2.45, 2.75) is 19.3 Å². The van der Waals surface area contributed by atoms with E-state index in [1.165, 1.54) is 17.7 Å². The van der Waals surface area contributed by atoms with Crippen LogP contribution in [0.2, 0.25) is 0 Å². The van der Waals surface area contributed by atoms with Crippen molar-refractivity contribution in [2.75, 3.05) is 34.4 Å². The van der Waals surface area contributed by atoms with E-state index in [0.29, 0.717) is 11.8 Å². The van der Waals surface area contributed by atoms with Crippen molar-refractivity contribution in [1.82, 2.24) is 4.90 Å². The summed E-state index contributed by atoms with van der Waals surface area (Å²) in [6.45, 7) is 4.70. The quantitative estimate of drug-likeness (QED) is 0.816. The minimum absolute atomic E-state index is 0.591. The van der Waals surface area contributed by atoms with Crippen LogP contribution in [0.4, 0.5) is 0 Å². The summed E-state index contributed by atoms with van der Waals surface area (Å²) < 4.78 is 11.2. The molecule has 3 nitrogen and oxygen atoms in total. The Kier molecular flexibility index (Phi) is 3.17. The molecule has 1 fully saturated rings. The van der Waals surface area contributed by atoms with Gasteiger partial charge in [-0.15, -0.1) is 0 Å². The zero-order chi connectivity index (χ0) is 13.6. The molecule has 0 radical (unpaired) electrons. The van der Waals surface area contributed by atoms with E-state index in [1.807, 2.05) is 6.07 Å². The topological polar surface area (TPSA) is 21.7 Å². The molecule has 1 saturated heterocycles.